The van der Waals surface area contributed by atoms with Gasteiger partial charge in [0.25, 0.3) is 0 Å². The van der Waals surface area contributed by atoms with Gasteiger partial charge in [0.2, 0.25) is 0 Å². The summed E-state index contributed by atoms with van der Waals surface area (Å²) < 4.78 is 5.29. The molecule has 4 nitrogen and oxygen atoms in total. The first-order chi connectivity index (χ1) is 6.95. The smallest absolute Gasteiger partial charge is 0.154 e. The molecular formula is C10H7N3O. The van der Waals surface area contributed by atoms with E-state index in [0.717, 1.165) is 22.6 Å². The van der Waals surface area contributed by atoms with Crippen molar-refractivity contribution in [3.05, 3.63) is 35.7 Å². The number of hydrogen-bond donors (Lipinski definition) is 0. The Labute approximate surface area is 80.3 Å². The minimum absolute atomic E-state index is 0.668. The van der Waals surface area contributed by atoms with Crippen LogP contribution in [0.1, 0.15) is 11.1 Å². The number of furan rings is 1. The Morgan fingerprint density at radius 2 is 2.36 bits per heavy atom. The molecule has 0 saturated carbocycles. The van der Waals surface area contributed by atoms with E-state index in [9.17, 15) is 0 Å². The number of nitrogens with zero attached hydrogens (tertiary/aromatic N) is 3. The summed E-state index contributed by atoms with van der Waals surface area (Å²) in [5.74, 6) is 0.750. The van der Waals surface area contributed by atoms with E-state index in [1.165, 1.54) is 0 Å². The van der Waals surface area contributed by atoms with Gasteiger partial charge in [0.1, 0.15) is 5.69 Å². The van der Waals surface area contributed by atoms with Crippen molar-refractivity contribution in [1.82, 2.24) is 10.2 Å². The van der Waals surface area contributed by atoms with Crippen LogP contribution >= 0.6 is 0 Å². The Hall–Kier alpha value is -1.97. The Morgan fingerprint density at radius 3 is 3.21 bits per heavy atom. The van der Waals surface area contributed by atoms with E-state index < -0.39 is 0 Å². The van der Waals surface area contributed by atoms with Gasteiger partial charge in [0.15, 0.2) is 5.76 Å². The van der Waals surface area contributed by atoms with Crippen LogP contribution in [0.25, 0.3) is 11.5 Å². The number of fused-ring (bicyclic) bond motifs is 1. The summed E-state index contributed by atoms with van der Waals surface area (Å²) in [5.41, 5.74) is 2.92. The third-order valence-electron chi connectivity index (χ3n) is 2.22. The molecule has 0 unspecified atom stereocenters. The van der Waals surface area contributed by atoms with Gasteiger partial charge in [-0.2, -0.15) is 5.10 Å². The highest BCUT2D eigenvalue weighted by Gasteiger charge is 2.16. The minimum Gasteiger partial charge on any atom is -0.463 e. The Bertz CT molecular complexity index is 488. The average Bonchev–Trinajstić information content (AvgIpc) is 2.88. The lowest BCUT2D eigenvalue weighted by molar-refractivity contribution is 0.578. The van der Waals surface area contributed by atoms with Gasteiger partial charge >= 0.3 is 0 Å². The Morgan fingerprint density at radius 1 is 1.36 bits per heavy atom. The molecule has 2 aromatic heterocycles. The van der Waals surface area contributed by atoms with Crippen molar-refractivity contribution in [3.63, 3.8) is 0 Å². The minimum atomic E-state index is 0.668. The first-order valence-electron chi connectivity index (χ1n) is 4.33. The van der Waals surface area contributed by atoms with Crippen molar-refractivity contribution in [3.8, 4) is 11.5 Å². The molecule has 1 aliphatic rings. The second-order valence-electron chi connectivity index (χ2n) is 3.07. The van der Waals surface area contributed by atoms with Gasteiger partial charge in [-0.3, -0.25) is 4.99 Å². The zero-order valence-corrected chi connectivity index (χ0v) is 7.34. The molecular weight excluding hydrogens is 178 g/mol. The quantitative estimate of drug-likeness (QED) is 0.679. The third kappa shape index (κ3) is 0.970. The van der Waals surface area contributed by atoms with Crippen LogP contribution in [0.5, 0.6) is 0 Å². The highest BCUT2D eigenvalue weighted by molar-refractivity contribution is 5.86. The molecule has 0 fully saturated rings. The van der Waals surface area contributed by atoms with Crippen LogP contribution in [-0.4, -0.2) is 16.4 Å². The fraction of sp³-hybridized carbons (Fsp3) is 0.100. The van der Waals surface area contributed by atoms with Crippen LogP contribution in [0, 0.1) is 0 Å². The maximum Gasteiger partial charge on any atom is 0.154 e. The lowest BCUT2D eigenvalue weighted by Crippen LogP contribution is -1.95. The summed E-state index contributed by atoms with van der Waals surface area (Å²) in [7, 11) is 0. The van der Waals surface area contributed by atoms with E-state index in [-0.39, 0.29) is 0 Å². The second kappa shape index (κ2) is 2.77. The lowest BCUT2D eigenvalue weighted by atomic mass is 10.1. The lowest BCUT2D eigenvalue weighted by Gasteiger charge is -2.01. The van der Waals surface area contributed by atoms with E-state index in [4.69, 9.17) is 4.42 Å². The van der Waals surface area contributed by atoms with Crippen molar-refractivity contribution in [2.75, 3.05) is 0 Å². The summed E-state index contributed by atoms with van der Waals surface area (Å²) >= 11 is 0. The summed E-state index contributed by atoms with van der Waals surface area (Å²) in [4.78, 5) is 4.18. The van der Waals surface area contributed by atoms with Crippen molar-refractivity contribution in [1.29, 1.82) is 0 Å². The molecule has 1 aliphatic heterocycles. The van der Waals surface area contributed by atoms with E-state index in [2.05, 4.69) is 15.2 Å². The molecule has 0 saturated heterocycles. The Balaban J connectivity index is 2.22. The monoisotopic (exact) mass is 185 g/mol. The van der Waals surface area contributed by atoms with Crippen LogP contribution < -0.4 is 0 Å². The summed E-state index contributed by atoms with van der Waals surface area (Å²) in [6.45, 7) is 0.668. The van der Waals surface area contributed by atoms with Crippen LogP contribution in [0.3, 0.4) is 0 Å². The second-order valence-corrected chi connectivity index (χ2v) is 3.07. The fourth-order valence-electron chi connectivity index (χ4n) is 1.55. The van der Waals surface area contributed by atoms with Crippen LogP contribution in [0.2, 0.25) is 0 Å². The molecule has 0 N–H and O–H groups in total. The van der Waals surface area contributed by atoms with E-state index in [0.29, 0.717) is 6.54 Å². The van der Waals surface area contributed by atoms with Gasteiger partial charge in [-0.05, 0) is 12.1 Å². The molecule has 4 heteroatoms. The predicted molar refractivity (Wildman–Crippen MR) is 51.0 cm³/mol. The van der Waals surface area contributed by atoms with Gasteiger partial charge in [0, 0.05) is 17.3 Å². The average molecular weight is 185 g/mol. The number of hydrogen-bond acceptors (Lipinski definition) is 4. The number of aromatic nitrogens is 2. The largest absolute Gasteiger partial charge is 0.463 e. The Kier molecular flexibility index (Phi) is 1.47. The molecule has 2 aromatic rings. The highest BCUT2D eigenvalue weighted by Crippen LogP contribution is 2.25. The first kappa shape index (κ1) is 7.44. The molecule has 0 radical (unpaired) electrons. The molecule has 68 valence electrons. The fourth-order valence-corrected chi connectivity index (χ4v) is 1.55. The molecule has 14 heavy (non-hydrogen) atoms. The van der Waals surface area contributed by atoms with E-state index in [1.807, 2.05) is 18.3 Å². The summed E-state index contributed by atoms with van der Waals surface area (Å²) in [6, 6.07) is 3.72. The van der Waals surface area contributed by atoms with Gasteiger partial charge < -0.3 is 4.42 Å². The maximum absolute atomic E-state index is 5.29. The maximum atomic E-state index is 5.29. The molecule has 0 amide bonds. The predicted octanol–water partition coefficient (Wildman–Crippen LogP) is 1.67. The molecule has 3 heterocycles. The van der Waals surface area contributed by atoms with Crippen molar-refractivity contribution in [2.24, 2.45) is 4.99 Å². The molecule has 0 aliphatic carbocycles. The molecule has 3 rings (SSSR count). The van der Waals surface area contributed by atoms with Crippen LogP contribution in [0.4, 0.5) is 0 Å². The van der Waals surface area contributed by atoms with E-state index in [1.54, 1.807) is 12.5 Å². The normalized spacial score (nSPS) is 13.1. The standard InChI is InChI=1S/C10H7N3O/c1-2-9(14-3-1)10-8-6-11-4-7(8)5-12-13-10/h1-5H,6H2. The first-order valence-corrected chi connectivity index (χ1v) is 4.33. The highest BCUT2D eigenvalue weighted by atomic mass is 16.3. The summed E-state index contributed by atoms with van der Waals surface area (Å²) in [5, 5.41) is 7.98. The SMILES string of the molecule is C1=NCc2c1cnnc2-c1ccco1. The van der Waals surface area contributed by atoms with Crippen LogP contribution in [0.15, 0.2) is 34.0 Å². The topological polar surface area (TPSA) is 51.3 Å². The zero-order chi connectivity index (χ0) is 9.38. The summed E-state index contributed by atoms with van der Waals surface area (Å²) in [6.07, 6.45) is 5.17. The molecule has 0 atom stereocenters. The molecule has 0 spiro atoms. The van der Waals surface area contributed by atoms with Crippen molar-refractivity contribution >= 4 is 6.21 Å². The third-order valence-corrected chi connectivity index (χ3v) is 2.22. The van der Waals surface area contributed by atoms with Gasteiger partial charge in [-0.15, -0.1) is 5.10 Å². The molecule has 0 bridgehead atoms. The number of rotatable bonds is 1. The van der Waals surface area contributed by atoms with Gasteiger partial charge in [0.05, 0.1) is 19.0 Å². The zero-order valence-electron chi connectivity index (χ0n) is 7.34. The van der Waals surface area contributed by atoms with Crippen LogP contribution in [-0.2, 0) is 6.54 Å². The van der Waals surface area contributed by atoms with Crippen molar-refractivity contribution < 1.29 is 4.42 Å². The number of aliphatic imine (C=N–C) groups is 1. The van der Waals surface area contributed by atoms with E-state index >= 15 is 0 Å². The van der Waals surface area contributed by atoms with Gasteiger partial charge in [-0.25, -0.2) is 0 Å². The molecule has 0 aromatic carbocycles. The van der Waals surface area contributed by atoms with Crippen molar-refractivity contribution in [2.45, 2.75) is 6.54 Å². The van der Waals surface area contributed by atoms with Gasteiger partial charge in [-0.1, -0.05) is 0 Å².